The smallest absolute Gasteiger partial charge is 0.366 e. The number of hydrogen-bond acceptors (Lipinski definition) is 6. The van der Waals surface area contributed by atoms with E-state index in [9.17, 15) is 9.67 Å². The van der Waals surface area contributed by atoms with E-state index < -0.39 is 26.5 Å². The molecule has 0 fully saturated rings. The second kappa shape index (κ2) is 6.08. The van der Waals surface area contributed by atoms with Gasteiger partial charge in [-0.2, -0.15) is 0 Å². The number of aliphatic hydroxyl groups excluding tert-OH is 2. The molecule has 0 saturated carbocycles. The molecule has 0 amide bonds. The predicted molar refractivity (Wildman–Crippen MR) is 51.2 cm³/mol. The third kappa shape index (κ3) is 3.71. The molecular weight excluding hydrogens is 209 g/mol. The van der Waals surface area contributed by atoms with Crippen LogP contribution in [-0.2, 0) is 13.6 Å². The lowest BCUT2D eigenvalue weighted by Crippen LogP contribution is -2.17. The fourth-order valence-corrected chi connectivity index (χ4v) is 1.79. The van der Waals surface area contributed by atoms with Gasteiger partial charge in [-0.15, -0.1) is 0 Å². The van der Waals surface area contributed by atoms with E-state index in [-0.39, 0.29) is 0 Å². The summed E-state index contributed by atoms with van der Waals surface area (Å²) in [7, 11) is -3.89. The van der Waals surface area contributed by atoms with Crippen molar-refractivity contribution in [3.8, 4) is 0 Å². The van der Waals surface area contributed by atoms with E-state index in [4.69, 9.17) is 10.8 Å². The first-order valence-corrected chi connectivity index (χ1v) is 5.35. The molecule has 0 saturated heterocycles. The van der Waals surface area contributed by atoms with E-state index in [0.29, 0.717) is 0 Å². The van der Waals surface area contributed by atoms with Crippen molar-refractivity contribution in [1.29, 1.82) is 0 Å². The maximum atomic E-state index is 11.7. The van der Waals surface area contributed by atoms with Gasteiger partial charge >= 0.3 is 7.60 Å². The molecular formula is C7H14NO5P. The molecule has 7 heteroatoms. The standard InChI is InChI=1S/C7H14NO5P/c1-3-6(9)13-14(11,12-5-8)7(10)4-2/h3-4,6-7,9-10H,1-2,5,8H2. The highest BCUT2D eigenvalue weighted by Crippen LogP contribution is 2.52. The van der Waals surface area contributed by atoms with Crippen molar-refractivity contribution in [1.82, 2.24) is 0 Å². The van der Waals surface area contributed by atoms with Crippen LogP contribution in [0.2, 0.25) is 0 Å². The van der Waals surface area contributed by atoms with Crippen LogP contribution in [0.4, 0.5) is 0 Å². The van der Waals surface area contributed by atoms with Crippen LogP contribution in [-0.4, -0.2) is 29.1 Å². The third-order valence-corrected chi connectivity index (χ3v) is 3.12. The lowest BCUT2D eigenvalue weighted by Gasteiger charge is -2.21. The van der Waals surface area contributed by atoms with E-state index in [1.54, 1.807) is 0 Å². The molecule has 0 aliphatic rings. The second-order valence-electron chi connectivity index (χ2n) is 2.22. The summed E-state index contributed by atoms with van der Waals surface area (Å²) in [6, 6.07) is 0. The van der Waals surface area contributed by atoms with Gasteiger partial charge in [0.05, 0.1) is 0 Å². The maximum Gasteiger partial charge on any atom is 0.366 e. The summed E-state index contributed by atoms with van der Waals surface area (Å²) in [4.78, 5) is 0. The molecule has 4 N–H and O–H groups in total. The molecule has 0 aliphatic carbocycles. The van der Waals surface area contributed by atoms with Crippen molar-refractivity contribution in [2.45, 2.75) is 12.1 Å². The third-order valence-electron chi connectivity index (χ3n) is 1.25. The summed E-state index contributed by atoms with van der Waals surface area (Å²) in [5, 5.41) is 18.2. The Bertz CT molecular complexity index is 244. The molecule has 0 bridgehead atoms. The topological polar surface area (TPSA) is 102 Å². The van der Waals surface area contributed by atoms with Crippen molar-refractivity contribution in [3.63, 3.8) is 0 Å². The molecule has 0 aliphatic heterocycles. The van der Waals surface area contributed by atoms with Crippen LogP contribution in [0.3, 0.4) is 0 Å². The Morgan fingerprint density at radius 3 is 2.36 bits per heavy atom. The molecule has 14 heavy (non-hydrogen) atoms. The molecule has 0 rings (SSSR count). The second-order valence-corrected chi connectivity index (χ2v) is 4.29. The summed E-state index contributed by atoms with van der Waals surface area (Å²) in [5.74, 6) is -1.54. The Balaban J connectivity index is 4.62. The molecule has 0 aromatic rings. The normalized spacial score (nSPS) is 19.4. The van der Waals surface area contributed by atoms with Gasteiger partial charge < -0.3 is 15.9 Å². The van der Waals surface area contributed by atoms with Gasteiger partial charge in [-0.05, 0) is 6.08 Å². The highest BCUT2D eigenvalue weighted by atomic mass is 31.2. The van der Waals surface area contributed by atoms with Crippen molar-refractivity contribution >= 4 is 7.60 Å². The Kier molecular flexibility index (Phi) is 5.87. The van der Waals surface area contributed by atoms with Gasteiger partial charge in [0.2, 0.25) is 0 Å². The quantitative estimate of drug-likeness (QED) is 0.322. The summed E-state index contributed by atoms with van der Waals surface area (Å²) >= 11 is 0. The number of aliphatic hydroxyl groups is 2. The molecule has 82 valence electrons. The lowest BCUT2D eigenvalue weighted by molar-refractivity contribution is 0.00297. The first-order valence-electron chi connectivity index (χ1n) is 3.74. The Morgan fingerprint density at radius 2 is 2.00 bits per heavy atom. The fourth-order valence-electron chi connectivity index (χ4n) is 0.596. The Morgan fingerprint density at radius 1 is 1.43 bits per heavy atom. The Labute approximate surface area is 82.2 Å². The predicted octanol–water partition coefficient (Wildman–Crippen LogP) is 0.138. The fraction of sp³-hybridized carbons (Fsp3) is 0.429. The van der Waals surface area contributed by atoms with E-state index >= 15 is 0 Å². The summed E-state index contributed by atoms with van der Waals surface area (Å²) < 4.78 is 20.7. The first-order chi connectivity index (χ1) is 6.50. The number of rotatable bonds is 7. The van der Waals surface area contributed by atoms with Crippen LogP contribution >= 0.6 is 7.60 Å². The van der Waals surface area contributed by atoms with Gasteiger partial charge in [-0.1, -0.05) is 19.2 Å². The molecule has 0 spiro atoms. The SMILES string of the molecule is C=CC(O)OP(=O)(OCN)C(O)C=C. The summed E-state index contributed by atoms with van der Waals surface area (Å²) in [6.45, 7) is 6.00. The van der Waals surface area contributed by atoms with E-state index in [1.807, 2.05) is 0 Å². The molecule has 0 aromatic carbocycles. The zero-order valence-electron chi connectivity index (χ0n) is 7.57. The monoisotopic (exact) mass is 223 g/mol. The van der Waals surface area contributed by atoms with Crippen LogP contribution < -0.4 is 5.73 Å². The molecule has 3 atom stereocenters. The number of hydrogen-bond donors (Lipinski definition) is 3. The highest BCUT2D eigenvalue weighted by molar-refractivity contribution is 7.54. The zero-order valence-corrected chi connectivity index (χ0v) is 8.47. The minimum Gasteiger partial charge on any atom is -0.377 e. The molecule has 0 radical (unpaired) electrons. The van der Waals surface area contributed by atoms with E-state index in [0.717, 1.165) is 12.2 Å². The van der Waals surface area contributed by atoms with Gasteiger partial charge in [-0.3, -0.25) is 13.6 Å². The molecule has 0 aromatic heterocycles. The van der Waals surface area contributed by atoms with Crippen LogP contribution in [0.1, 0.15) is 0 Å². The largest absolute Gasteiger partial charge is 0.377 e. The zero-order chi connectivity index (χ0) is 11.2. The minimum atomic E-state index is -3.89. The van der Waals surface area contributed by atoms with Crippen LogP contribution in [0.5, 0.6) is 0 Å². The first kappa shape index (κ1) is 13.5. The number of nitrogens with two attached hydrogens (primary N) is 1. The Hall–Kier alpha value is -0.490. The van der Waals surface area contributed by atoms with E-state index in [2.05, 4.69) is 22.2 Å². The van der Waals surface area contributed by atoms with Crippen LogP contribution in [0.25, 0.3) is 0 Å². The van der Waals surface area contributed by atoms with Crippen molar-refractivity contribution in [3.05, 3.63) is 25.3 Å². The van der Waals surface area contributed by atoms with E-state index in [1.165, 1.54) is 0 Å². The molecule has 0 heterocycles. The summed E-state index contributed by atoms with van der Waals surface area (Å²) in [5.41, 5.74) is 5.00. The van der Waals surface area contributed by atoms with Gasteiger partial charge in [0.15, 0.2) is 12.1 Å². The molecule has 3 unspecified atom stereocenters. The van der Waals surface area contributed by atoms with Gasteiger partial charge in [0.1, 0.15) is 6.73 Å². The van der Waals surface area contributed by atoms with Gasteiger partial charge in [0, 0.05) is 0 Å². The van der Waals surface area contributed by atoms with Crippen LogP contribution in [0, 0.1) is 0 Å². The van der Waals surface area contributed by atoms with Crippen molar-refractivity contribution in [2.24, 2.45) is 5.73 Å². The average Bonchev–Trinajstić information content (AvgIpc) is 2.16. The van der Waals surface area contributed by atoms with Gasteiger partial charge in [-0.25, -0.2) is 0 Å². The van der Waals surface area contributed by atoms with Crippen molar-refractivity contribution in [2.75, 3.05) is 6.73 Å². The summed E-state index contributed by atoms with van der Waals surface area (Å²) in [6.07, 6.45) is 0.455. The highest BCUT2D eigenvalue weighted by Gasteiger charge is 2.34. The molecule has 6 nitrogen and oxygen atoms in total. The van der Waals surface area contributed by atoms with Crippen LogP contribution in [0.15, 0.2) is 25.3 Å². The maximum absolute atomic E-state index is 11.7. The minimum absolute atomic E-state index is 0.411. The van der Waals surface area contributed by atoms with Crippen molar-refractivity contribution < 1.29 is 23.8 Å². The lowest BCUT2D eigenvalue weighted by atomic mass is 10.6. The average molecular weight is 223 g/mol. The van der Waals surface area contributed by atoms with Gasteiger partial charge in [0.25, 0.3) is 0 Å².